The zero-order valence-corrected chi connectivity index (χ0v) is 18.4. The molecule has 4 rings (SSSR count). The van der Waals surface area contributed by atoms with Gasteiger partial charge in [-0.3, -0.25) is 4.79 Å². The van der Waals surface area contributed by atoms with Crippen LogP contribution in [0.3, 0.4) is 0 Å². The number of carbonyl (C=O) groups excluding carboxylic acids is 1. The van der Waals surface area contributed by atoms with Crippen molar-refractivity contribution in [3.63, 3.8) is 0 Å². The molecule has 2 fully saturated rings. The minimum atomic E-state index is -0.486. The van der Waals surface area contributed by atoms with Gasteiger partial charge in [0.05, 0.1) is 0 Å². The highest BCUT2D eigenvalue weighted by Crippen LogP contribution is 2.35. The van der Waals surface area contributed by atoms with Gasteiger partial charge in [0.15, 0.2) is 0 Å². The number of rotatable bonds is 6. The second-order valence-electron chi connectivity index (χ2n) is 8.94. The Balaban J connectivity index is 1.62. The minimum Gasteiger partial charge on any atom is -0.382 e. The molecule has 0 heterocycles. The van der Waals surface area contributed by atoms with Crippen molar-refractivity contribution in [2.45, 2.75) is 71.4 Å². The number of anilines is 1. The van der Waals surface area contributed by atoms with Crippen LogP contribution < -0.4 is 10.6 Å². The van der Waals surface area contributed by atoms with Crippen LogP contribution >= 0.6 is 0 Å². The summed E-state index contributed by atoms with van der Waals surface area (Å²) >= 11 is 0. The molecular weight excluding hydrogens is 394 g/mol. The van der Waals surface area contributed by atoms with E-state index in [9.17, 15) is 4.79 Å². The summed E-state index contributed by atoms with van der Waals surface area (Å²) in [5.74, 6) is -1.16. The Morgan fingerprint density at radius 3 is 2.19 bits per heavy atom. The van der Waals surface area contributed by atoms with Gasteiger partial charge in [0, 0.05) is 34.5 Å². The molecule has 2 aromatic carbocycles. The average Bonchev–Trinajstić information content (AvgIpc) is 3.43. The molecule has 0 radical (unpaired) electrons. The molecule has 2 N–H and O–H groups in total. The molecule has 5 heteroatoms. The van der Waals surface area contributed by atoms with E-state index in [4.69, 9.17) is 0 Å². The molecule has 31 heavy (non-hydrogen) atoms. The molecule has 2 aliphatic carbocycles. The summed E-state index contributed by atoms with van der Waals surface area (Å²) in [7, 11) is 0. The van der Waals surface area contributed by atoms with Crippen LogP contribution in [0.1, 0.15) is 62.1 Å². The van der Waals surface area contributed by atoms with Gasteiger partial charge in [-0.1, -0.05) is 25.0 Å². The van der Waals surface area contributed by atoms with E-state index >= 15 is 8.78 Å². The SMILES string of the molecule is C/C(=C\c1c(C)c(F)c(-c2ccc(NC3CCCC3)cc2)c(C)c1F)C(=O)NC1CC1. The molecule has 2 saturated carbocycles. The Hall–Kier alpha value is -2.69. The highest BCUT2D eigenvalue weighted by molar-refractivity contribution is 5.98. The third-order valence-corrected chi connectivity index (χ3v) is 6.42. The molecule has 0 unspecified atom stereocenters. The molecule has 2 aromatic rings. The first-order valence-electron chi connectivity index (χ1n) is 11.2. The lowest BCUT2D eigenvalue weighted by Gasteiger charge is -2.17. The van der Waals surface area contributed by atoms with Crippen LogP contribution in [0.2, 0.25) is 0 Å². The highest BCUT2D eigenvalue weighted by Gasteiger charge is 2.25. The highest BCUT2D eigenvalue weighted by atomic mass is 19.1. The second-order valence-corrected chi connectivity index (χ2v) is 8.94. The van der Waals surface area contributed by atoms with Crippen molar-refractivity contribution in [2.24, 2.45) is 0 Å². The lowest BCUT2D eigenvalue weighted by molar-refractivity contribution is -0.117. The number of hydrogen-bond acceptors (Lipinski definition) is 2. The van der Waals surface area contributed by atoms with Crippen LogP contribution in [0.25, 0.3) is 17.2 Å². The quantitative estimate of drug-likeness (QED) is 0.536. The van der Waals surface area contributed by atoms with Crippen LogP contribution in [0, 0.1) is 25.5 Å². The largest absolute Gasteiger partial charge is 0.382 e. The first-order chi connectivity index (χ1) is 14.8. The summed E-state index contributed by atoms with van der Waals surface area (Å²) in [6, 6.07) is 8.25. The molecule has 2 aliphatic rings. The van der Waals surface area contributed by atoms with Crippen molar-refractivity contribution in [3.8, 4) is 11.1 Å². The third kappa shape index (κ3) is 4.65. The van der Waals surface area contributed by atoms with Gasteiger partial charge in [-0.25, -0.2) is 8.78 Å². The Morgan fingerprint density at radius 1 is 0.935 bits per heavy atom. The van der Waals surface area contributed by atoms with Crippen molar-refractivity contribution in [2.75, 3.05) is 5.32 Å². The normalized spacial score (nSPS) is 17.1. The minimum absolute atomic E-state index is 0.140. The van der Waals surface area contributed by atoms with Crippen molar-refractivity contribution >= 4 is 17.7 Å². The molecule has 0 aliphatic heterocycles. The maximum atomic E-state index is 15.4. The predicted molar refractivity (Wildman–Crippen MR) is 122 cm³/mol. The Morgan fingerprint density at radius 2 is 1.58 bits per heavy atom. The Labute approximate surface area is 182 Å². The number of halogens is 2. The Bertz CT molecular complexity index is 988. The summed E-state index contributed by atoms with van der Waals surface area (Å²) in [6.45, 7) is 4.79. The summed E-state index contributed by atoms with van der Waals surface area (Å²) in [4.78, 5) is 12.2. The monoisotopic (exact) mass is 424 g/mol. The van der Waals surface area contributed by atoms with E-state index in [1.807, 2.05) is 24.3 Å². The number of hydrogen-bond donors (Lipinski definition) is 2. The molecule has 0 saturated heterocycles. The fourth-order valence-corrected chi connectivity index (χ4v) is 4.31. The van der Waals surface area contributed by atoms with Crippen LogP contribution in [0.15, 0.2) is 29.8 Å². The number of amides is 1. The van der Waals surface area contributed by atoms with Gasteiger partial charge in [-0.15, -0.1) is 0 Å². The molecule has 0 aromatic heterocycles. The lowest BCUT2D eigenvalue weighted by atomic mass is 9.92. The summed E-state index contributed by atoms with van der Waals surface area (Å²) in [5.41, 5.74) is 2.91. The van der Waals surface area contributed by atoms with E-state index in [-0.39, 0.29) is 34.2 Å². The molecule has 164 valence electrons. The van der Waals surface area contributed by atoms with Crippen LogP contribution in [0.4, 0.5) is 14.5 Å². The van der Waals surface area contributed by atoms with E-state index in [0.29, 0.717) is 17.2 Å². The zero-order valence-electron chi connectivity index (χ0n) is 18.4. The zero-order chi connectivity index (χ0) is 22.1. The fourth-order valence-electron chi connectivity index (χ4n) is 4.31. The van der Waals surface area contributed by atoms with Gasteiger partial charge in [0.25, 0.3) is 0 Å². The summed E-state index contributed by atoms with van der Waals surface area (Å²) in [5, 5.41) is 6.40. The van der Waals surface area contributed by atoms with Crippen LogP contribution in [0.5, 0.6) is 0 Å². The molecule has 0 atom stereocenters. The lowest BCUT2D eigenvalue weighted by Crippen LogP contribution is -2.26. The van der Waals surface area contributed by atoms with Gasteiger partial charge in [0.1, 0.15) is 11.6 Å². The van der Waals surface area contributed by atoms with E-state index in [1.54, 1.807) is 20.8 Å². The molecule has 1 amide bonds. The van der Waals surface area contributed by atoms with Crippen molar-refractivity contribution in [1.82, 2.24) is 5.32 Å². The number of nitrogens with one attached hydrogen (secondary N) is 2. The molecule has 0 bridgehead atoms. The maximum Gasteiger partial charge on any atom is 0.247 e. The number of carbonyl (C=O) groups is 1. The average molecular weight is 425 g/mol. The van der Waals surface area contributed by atoms with Crippen LogP contribution in [-0.2, 0) is 4.79 Å². The van der Waals surface area contributed by atoms with Crippen molar-refractivity contribution in [3.05, 3.63) is 58.2 Å². The summed E-state index contributed by atoms with van der Waals surface area (Å²) in [6.07, 6.45) is 8.26. The van der Waals surface area contributed by atoms with Gasteiger partial charge in [-0.2, -0.15) is 0 Å². The maximum absolute atomic E-state index is 15.4. The molecule has 0 spiro atoms. The Kier molecular flexibility index (Phi) is 6.12. The summed E-state index contributed by atoms with van der Waals surface area (Å²) < 4.78 is 30.7. The van der Waals surface area contributed by atoms with Gasteiger partial charge in [0.2, 0.25) is 5.91 Å². The fraction of sp³-hybridized carbons (Fsp3) is 0.423. The first-order valence-corrected chi connectivity index (χ1v) is 11.2. The second kappa shape index (κ2) is 8.81. The van der Waals surface area contributed by atoms with Gasteiger partial charge >= 0.3 is 0 Å². The standard InChI is InChI=1S/C26H30F2N2O/c1-15(26(31)30-21-12-13-21)14-22-16(2)25(28)23(17(3)24(22)27)18-8-10-20(11-9-18)29-19-6-4-5-7-19/h8-11,14,19,21,29H,4-7,12-13H2,1-3H3,(H,30,31)/b15-14+. The molecular formula is C26H30F2N2O. The van der Waals surface area contributed by atoms with E-state index in [1.165, 1.54) is 31.8 Å². The van der Waals surface area contributed by atoms with Crippen molar-refractivity contribution in [1.29, 1.82) is 0 Å². The van der Waals surface area contributed by atoms with E-state index in [2.05, 4.69) is 10.6 Å². The van der Waals surface area contributed by atoms with Gasteiger partial charge < -0.3 is 10.6 Å². The molecule has 3 nitrogen and oxygen atoms in total. The van der Waals surface area contributed by atoms with Gasteiger partial charge in [-0.05, 0) is 81.4 Å². The van der Waals surface area contributed by atoms with Crippen LogP contribution in [-0.4, -0.2) is 18.0 Å². The third-order valence-electron chi connectivity index (χ3n) is 6.42. The smallest absolute Gasteiger partial charge is 0.247 e. The van der Waals surface area contributed by atoms with E-state index in [0.717, 1.165) is 18.5 Å². The van der Waals surface area contributed by atoms with Crippen molar-refractivity contribution < 1.29 is 13.6 Å². The topological polar surface area (TPSA) is 41.1 Å². The van der Waals surface area contributed by atoms with E-state index < -0.39 is 11.6 Å². The number of benzene rings is 2. The predicted octanol–water partition coefficient (Wildman–Crippen LogP) is 6.29. The first kappa shape index (κ1) is 21.5.